The van der Waals surface area contributed by atoms with E-state index in [4.69, 9.17) is 5.11 Å². The summed E-state index contributed by atoms with van der Waals surface area (Å²) in [5.41, 5.74) is -2.18. The summed E-state index contributed by atoms with van der Waals surface area (Å²) in [6, 6.07) is 6.51. The highest BCUT2D eigenvalue weighted by molar-refractivity contribution is 6.12. The van der Waals surface area contributed by atoms with Gasteiger partial charge < -0.3 is 15.2 Å². The Bertz CT molecular complexity index is 1350. The number of benzene rings is 2. The summed E-state index contributed by atoms with van der Waals surface area (Å²) >= 11 is 0. The number of nitrogens with zero attached hydrogens (tertiary/aromatic N) is 2. The van der Waals surface area contributed by atoms with Crippen LogP contribution in [0, 0.1) is 0 Å². The molecule has 0 unspecified atom stereocenters. The van der Waals surface area contributed by atoms with Gasteiger partial charge in [0.2, 0.25) is 5.91 Å². The SMILES string of the molecule is O=C(O)Nc1cc(OCC(F)(F)F)c(C(F)(F)F)cc1NC(=O)CC(=O)c1cccc(-c2cnccn2)c1. The van der Waals surface area contributed by atoms with Crippen molar-refractivity contribution in [3.05, 3.63) is 66.1 Å². The molecule has 0 spiro atoms. The lowest BCUT2D eigenvalue weighted by atomic mass is 10.0. The van der Waals surface area contributed by atoms with Crippen LogP contribution in [0.3, 0.4) is 0 Å². The fraction of sp³-hybridized carbons (Fsp3) is 0.174. The number of aromatic nitrogens is 2. The van der Waals surface area contributed by atoms with E-state index < -0.39 is 65.9 Å². The number of halogens is 6. The summed E-state index contributed by atoms with van der Waals surface area (Å²) < 4.78 is 82.3. The van der Waals surface area contributed by atoms with Gasteiger partial charge in [0.05, 0.1) is 35.2 Å². The van der Waals surface area contributed by atoms with Gasteiger partial charge in [-0.3, -0.25) is 24.9 Å². The minimum absolute atomic E-state index is 0.0686. The summed E-state index contributed by atoms with van der Waals surface area (Å²) in [6.45, 7) is -2.09. The van der Waals surface area contributed by atoms with Crippen molar-refractivity contribution in [2.45, 2.75) is 18.8 Å². The standard InChI is InChI=1S/C23H16F6N4O5/c24-22(25,26)11-38-19-8-16(33-21(36)37)15(7-14(19)23(27,28)29)32-20(35)9-18(34)13-3-1-2-12(6-13)17-10-30-4-5-31-17/h1-8,10,33H,9,11H2,(H,32,35)(H,36,37). The van der Waals surface area contributed by atoms with Gasteiger partial charge in [-0.05, 0) is 12.1 Å². The maximum atomic E-state index is 13.5. The van der Waals surface area contributed by atoms with Crippen LogP contribution in [-0.4, -0.2) is 45.6 Å². The van der Waals surface area contributed by atoms with Crippen molar-refractivity contribution >= 4 is 29.2 Å². The highest BCUT2D eigenvalue weighted by Crippen LogP contribution is 2.42. The second-order valence-corrected chi connectivity index (χ2v) is 7.55. The summed E-state index contributed by atoms with van der Waals surface area (Å²) in [5.74, 6) is -3.18. The molecule has 0 saturated carbocycles. The number of alkyl halides is 6. The fourth-order valence-electron chi connectivity index (χ4n) is 3.14. The molecular weight excluding hydrogens is 526 g/mol. The molecule has 0 aliphatic rings. The number of hydrogen-bond acceptors (Lipinski definition) is 6. The number of Topliss-reactive ketones (excluding diaryl/α,β-unsaturated/α-hetero) is 1. The molecule has 0 fully saturated rings. The third-order valence-electron chi connectivity index (χ3n) is 4.70. The predicted octanol–water partition coefficient (Wildman–Crippen LogP) is 5.40. The molecular formula is C23H16F6N4O5. The molecule has 0 radical (unpaired) electrons. The molecule has 200 valence electrons. The molecule has 2 aromatic carbocycles. The molecule has 0 aliphatic carbocycles. The Morgan fingerprint density at radius 1 is 0.947 bits per heavy atom. The van der Waals surface area contributed by atoms with Crippen molar-refractivity contribution in [2.24, 2.45) is 0 Å². The van der Waals surface area contributed by atoms with Crippen LogP contribution in [0.4, 0.5) is 42.5 Å². The minimum Gasteiger partial charge on any atom is -0.483 e. The Balaban J connectivity index is 1.86. The van der Waals surface area contributed by atoms with Crippen LogP contribution in [0.5, 0.6) is 5.75 Å². The smallest absolute Gasteiger partial charge is 0.422 e. The summed E-state index contributed by atoms with van der Waals surface area (Å²) in [5, 5.41) is 12.7. The van der Waals surface area contributed by atoms with Gasteiger partial charge in [-0.15, -0.1) is 0 Å². The Kier molecular flexibility index (Phi) is 8.18. The number of amides is 2. The number of hydrogen-bond donors (Lipinski definition) is 3. The molecule has 15 heteroatoms. The van der Waals surface area contributed by atoms with E-state index in [1.165, 1.54) is 36.8 Å². The number of nitrogens with one attached hydrogen (secondary N) is 2. The number of ketones is 1. The highest BCUT2D eigenvalue weighted by Gasteiger charge is 2.37. The van der Waals surface area contributed by atoms with E-state index in [1.54, 1.807) is 11.4 Å². The highest BCUT2D eigenvalue weighted by atomic mass is 19.4. The summed E-state index contributed by atoms with van der Waals surface area (Å²) in [7, 11) is 0. The second kappa shape index (κ2) is 11.1. The first-order valence-corrected chi connectivity index (χ1v) is 10.4. The van der Waals surface area contributed by atoms with Gasteiger partial charge >= 0.3 is 18.4 Å². The lowest BCUT2D eigenvalue weighted by molar-refractivity contribution is -0.158. The quantitative estimate of drug-likeness (QED) is 0.197. The van der Waals surface area contributed by atoms with Crippen molar-refractivity contribution in [1.29, 1.82) is 0 Å². The lowest BCUT2D eigenvalue weighted by Gasteiger charge is -2.19. The topological polar surface area (TPSA) is 131 Å². The van der Waals surface area contributed by atoms with Gasteiger partial charge in [0.1, 0.15) is 5.75 Å². The van der Waals surface area contributed by atoms with Crippen LogP contribution in [0.2, 0.25) is 0 Å². The number of carbonyl (C=O) groups excluding carboxylic acids is 2. The van der Waals surface area contributed by atoms with E-state index >= 15 is 0 Å². The van der Waals surface area contributed by atoms with E-state index in [0.717, 1.165) is 0 Å². The van der Waals surface area contributed by atoms with Crippen LogP contribution in [0.25, 0.3) is 11.3 Å². The lowest BCUT2D eigenvalue weighted by Crippen LogP contribution is -2.22. The number of ether oxygens (including phenoxy) is 1. The van der Waals surface area contributed by atoms with Crippen LogP contribution in [0.1, 0.15) is 22.3 Å². The Morgan fingerprint density at radius 3 is 2.26 bits per heavy atom. The largest absolute Gasteiger partial charge is 0.483 e. The van der Waals surface area contributed by atoms with Crippen molar-refractivity contribution < 1.29 is 50.6 Å². The molecule has 0 atom stereocenters. The Morgan fingerprint density at radius 2 is 1.66 bits per heavy atom. The van der Waals surface area contributed by atoms with E-state index in [1.807, 2.05) is 5.32 Å². The molecule has 1 aromatic heterocycles. The number of carboxylic acid groups (broad SMARTS) is 1. The van der Waals surface area contributed by atoms with Gasteiger partial charge in [-0.2, -0.15) is 26.3 Å². The van der Waals surface area contributed by atoms with Crippen molar-refractivity contribution in [1.82, 2.24) is 9.97 Å². The zero-order chi connectivity index (χ0) is 28.1. The van der Waals surface area contributed by atoms with E-state index in [-0.39, 0.29) is 11.6 Å². The first-order valence-electron chi connectivity index (χ1n) is 10.4. The van der Waals surface area contributed by atoms with Gasteiger partial charge in [-0.25, -0.2) is 4.79 Å². The molecule has 3 N–H and O–H groups in total. The molecule has 0 bridgehead atoms. The summed E-state index contributed by atoms with van der Waals surface area (Å²) in [4.78, 5) is 44.2. The van der Waals surface area contributed by atoms with E-state index in [2.05, 4.69) is 14.7 Å². The van der Waals surface area contributed by atoms with Crippen molar-refractivity contribution in [3.63, 3.8) is 0 Å². The first kappa shape index (κ1) is 27.9. The average Bonchev–Trinajstić information content (AvgIpc) is 2.83. The first-order chi connectivity index (χ1) is 17.7. The molecule has 9 nitrogen and oxygen atoms in total. The molecule has 0 aliphatic heterocycles. The normalized spacial score (nSPS) is 11.5. The zero-order valence-corrected chi connectivity index (χ0v) is 18.9. The van der Waals surface area contributed by atoms with Gasteiger partial charge in [0, 0.05) is 29.6 Å². The van der Waals surface area contributed by atoms with Crippen LogP contribution in [0.15, 0.2) is 55.0 Å². The monoisotopic (exact) mass is 542 g/mol. The van der Waals surface area contributed by atoms with Crippen LogP contribution in [-0.2, 0) is 11.0 Å². The molecule has 2 amide bonds. The maximum Gasteiger partial charge on any atom is 0.422 e. The fourth-order valence-corrected chi connectivity index (χ4v) is 3.14. The predicted molar refractivity (Wildman–Crippen MR) is 120 cm³/mol. The third kappa shape index (κ3) is 7.65. The van der Waals surface area contributed by atoms with Crippen LogP contribution >= 0.6 is 0 Å². The Labute approximate surface area is 209 Å². The number of rotatable bonds is 8. The Hall–Kier alpha value is -4.69. The second-order valence-electron chi connectivity index (χ2n) is 7.55. The number of carbonyl (C=O) groups is 3. The molecule has 3 rings (SSSR count). The molecule has 0 saturated heterocycles. The third-order valence-corrected chi connectivity index (χ3v) is 4.70. The molecule has 3 aromatic rings. The van der Waals surface area contributed by atoms with Gasteiger partial charge in [0.15, 0.2) is 12.4 Å². The molecule has 38 heavy (non-hydrogen) atoms. The van der Waals surface area contributed by atoms with Gasteiger partial charge in [-0.1, -0.05) is 18.2 Å². The summed E-state index contributed by atoms with van der Waals surface area (Å²) in [6.07, 6.45) is -8.57. The zero-order valence-electron chi connectivity index (χ0n) is 18.9. The minimum atomic E-state index is -5.24. The van der Waals surface area contributed by atoms with Crippen LogP contribution < -0.4 is 15.4 Å². The molecule has 1 heterocycles. The number of anilines is 2. The van der Waals surface area contributed by atoms with E-state index in [0.29, 0.717) is 17.3 Å². The van der Waals surface area contributed by atoms with Crippen molar-refractivity contribution in [2.75, 3.05) is 17.2 Å². The maximum absolute atomic E-state index is 13.5. The van der Waals surface area contributed by atoms with Gasteiger partial charge in [0.25, 0.3) is 0 Å². The van der Waals surface area contributed by atoms with E-state index in [9.17, 15) is 40.7 Å². The average molecular weight is 542 g/mol. The van der Waals surface area contributed by atoms with Crippen molar-refractivity contribution in [3.8, 4) is 17.0 Å².